The molecule has 43 heavy (non-hydrogen) atoms. The molecule has 2 aromatic heterocycles. The zero-order valence-corrected chi connectivity index (χ0v) is 24.6. The van der Waals surface area contributed by atoms with Crippen molar-refractivity contribution in [2.45, 2.75) is 37.8 Å². The van der Waals surface area contributed by atoms with Crippen LogP contribution in [0.5, 0.6) is 0 Å². The van der Waals surface area contributed by atoms with E-state index in [1.54, 1.807) is 36.7 Å². The molecule has 0 saturated carbocycles. The molecular weight excluding hydrogens is 549 g/mol. The number of halogens is 1. The molecular formula is C31H40FN9O2. The van der Waals surface area contributed by atoms with Gasteiger partial charge in [0.05, 0.1) is 5.69 Å². The van der Waals surface area contributed by atoms with Crippen LogP contribution in [-0.4, -0.2) is 102 Å². The number of amides is 1. The van der Waals surface area contributed by atoms with Crippen LogP contribution in [0.25, 0.3) is 11.3 Å². The first-order valence-corrected chi connectivity index (χ1v) is 15.2. The molecule has 3 aliphatic rings. The third-order valence-electron chi connectivity index (χ3n) is 8.71. The van der Waals surface area contributed by atoms with Crippen LogP contribution in [0.4, 0.5) is 27.4 Å². The molecule has 1 aromatic carbocycles. The highest BCUT2D eigenvalue weighted by Gasteiger charge is 2.28. The number of piperazine rings is 1. The molecule has 3 saturated heterocycles. The highest BCUT2D eigenvalue weighted by atomic mass is 19.1. The molecule has 0 aliphatic carbocycles. The molecule has 3 fully saturated rings. The number of benzene rings is 1. The molecule has 0 atom stereocenters. The number of ether oxygens (including phenoxy) is 1. The van der Waals surface area contributed by atoms with Crippen LogP contribution in [0.2, 0.25) is 0 Å². The van der Waals surface area contributed by atoms with Crippen molar-refractivity contribution in [3.8, 4) is 11.3 Å². The Morgan fingerprint density at radius 1 is 0.953 bits per heavy atom. The van der Waals surface area contributed by atoms with Crippen molar-refractivity contribution in [2.24, 2.45) is 5.73 Å². The van der Waals surface area contributed by atoms with Crippen LogP contribution in [0.3, 0.4) is 0 Å². The van der Waals surface area contributed by atoms with E-state index in [-0.39, 0.29) is 23.4 Å². The molecule has 0 radical (unpaired) electrons. The Morgan fingerprint density at radius 3 is 2.35 bits per heavy atom. The van der Waals surface area contributed by atoms with E-state index in [9.17, 15) is 4.79 Å². The monoisotopic (exact) mass is 589 g/mol. The van der Waals surface area contributed by atoms with Crippen LogP contribution in [0, 0.1) is 5.82 Å². The van der Waals surface area contributed by atoms with Gasteiger partial charge in [0, 0.05) is 88.2 Å². The number of nitrogens with two attached hydrogens (primary N) is 1. The van der Waals surface area contributed by atoms with Gasteiger partial charge in [-0.15, -0.1) is 0 Å². The first-order valence-electron chi connectivity index (χ1n) is 15.2. The van der Waals surface area contributed by atoms with Crippen LogP contribution in [0.1, 0.15) is 36.2 Å². The van der Waals surface area contributed by atoms with Crippen molar-refractivity contribution in [1.29, 1.82) is 0 Å². The van der Waals surface area contributed by atoms with Gasteiger partial charge in [-0.05, 0) is 63.1 Å². The van der Waals surface area contributed by atoms with Crippen molar-refractivity contribution >= 4 is 28.9 Å². The molecule has 3 aromatic rings. The summed E-state index contributed by atoms with van der Waals surface area (Å²) in [6, 6.07) is 9.33. The Labute approximate surface area is 251 Å². The molecule has 11 nitrogen and oxygen atoms in total. The minimum Gasteiger partial charge on any atom is -0.381 e. The largest absolute Gasteiger partial charge is 0.381 e. The van der Waals surface area contributed by atoms with E-state index >= 15 is 4.39 Å². The standard InChI is InChI=1S/C31H40FN9O2/c1-39-14-16-40(17-15-39)24-6-12-41(13-7-24)26-3-2-23(20-25(26)32)36-31-28(29(33)42)37-27(21-4-10-34-11-5-21)30(38-31)35-22-8-18-43-19-9-22/h2-5,10-11,20,22,24H,6-9,12-19H2,1H3,(H2,33,42)(H2,35,36,38). The number of anilines is 4. The molecule has 0 unspecified atom stereocenters. The van der Waals surface area contributed by atoms with Gasteiger partial charge in [-0.2, -0.15) is 0 Å². The maximum Gasteiger partial charge on any atom is 0.271 e. The maximum absolute atomic E-state index is 15.5. The second kappa shape index (κ2) is 13.2. The van der Waals surface area contributed by atoms with Crippen LogP contribution >= 0.6 is 0 Å². The lowest BCUT2D eigenvalue weighted by Gasteiger charge is -2.42. The third-order valence-corrected chi connectivity index (χ3v) is 8.71. The molecule has 4 N–H and O–H groups in total. The second-order valence-corrected chi connectivity index (χ2v) is 11.6. The lowest BCUT2D eigenvalue weighted by molar-refractivity contribution is 0.0904. The summed E-state index contributed by atoms with van der Waals surface area (Å²) in [7, 11) is 2.17. The van der Waals surface area contributed by atoms with Gasteiger partial charge in [0.15, 0.2) is 17.3 Å². The number of hydrogen-bond acceptors (Lipinski definition) is 10. The van der Waals surface area contributed by atoms with Crippen molar-refractivity contribution in [3.05, 3.63) is 54.2 Å². The van der Waals surface area contributed by atoms with Crippen LogP contribution in [0.15, 0.2) is 42.7 Å². The summed E-state index contributed by atoms with van der Waals surface area (Å²) < 4.78 is 21.0. The van der Waals surface area contributed by atoms with Crippen LogP contribution in [-0.2, 0) is 4.74 Å². The summed E-state index contributed by atoms with van der Waals surface area (Å²) in [4.78, 5) is 33.1. The minimum absolute atomic E-state index is 0.0280. The summed E-state index contributed by atoms with van der Waals surface area (Å²) in [6.07, 6.45) is 6.99. The van der Waals surface area contributed by atoms with Gasteiger partial charge in [-0.3, -0.25) is 14.7 Å². The average molecular weight is 590 g/mol. The van der Waals surface area contributed by atoms with Crippen LogP contribution < -0.4 is 21.3 Å². The molecule has 3 aliphatic heterocycles. The average Bonchev–Trinajstić information content (AvgIpc) is 3.03. The van der Waals surface area contributed by atoms with E-state index in [0.29, 0.717) is 42.1 Å². The Kier molecular flexibility index (Phi) is 8.96. The smallest absolute Gasteiger partial charge is 0.271 e. The van der Waals surface area contributed by atoms with E-state index in [0.717, 1.165) is 70.5 Å². The molecule has 0 spiro atoms. The van der Waals surface area contributed by atoms with Gasteiger partial charge in [0.2, 0.25) is 0 Å². The number of nitrogens with zero attached hydrogens (tertiary/aromatic N) is 6. The Balaban J connectivity index is 1.21. The van der Waals surface area contributed by atoms with E-state index < -0.39 is 5.91 Å². The number of hydrogen-bond donors (Lipinski definition) is 3. The van der Waals surface area contributed by atoms with E-state index in [4.69, 9.17) is 15.5 Å². The van der Waals surface area contributed by atoms with Gasteiger partial charge in [-0.25, -0.2) is 14.4 Å². The fraction of sp³-hybridized carbons (Fsp3) is 0.484. The summed E-state index contributed by atoms with van der Waals surface area (Å²) in [5, 5.41) is 6.59. The van der Waals surface area contributed by atoms with Crippen molar-refractivity contribution in [1.82, 2.24) is 24.8 Å². The quantitative estimate of drug-likeness (QED) is 0.360. The zero-order valence-electron chi connectivity index (χ0n) is 24.6. The SMILES string of the molecule is CN1CCN(C2CCN(c3ccc(Nc4nc(NC5CCOCC5)c(-c5ccncc5)nc4C(N)=O)cc3F)CC2)CC1. The van der Waals surface area contributed by atoms with E-state index in [1.165, 1.54) is 6.07 Å². The van der Waals surface area contributed by atoms with Crippen molar-refractivity contribution in [3.63, 3.8) is 0 Å². The van der Waals surface area contributed by atoms with Gasteiger partial charge >= 0.3 is 0 Å². The number of likely N-dealkylation sites (N-methyl/N-ethyl adjacent to an activating group) is 1. The van der Waals surface area contributed by atoms with Gasteiger partial charge < -0.3 is 30.9 Å². The predicted octanol–water partition coefficient (Wildman–Crippen LogP) is 3.33. The number of primary amides is 1. The van der Waals surface area contributed by atoms with Crippen molar-refractivity contribution < 1.29 is 13.9 Å². The maximum atomic E-state index is 15.5. The first kappa shape index (κ1) is 29.2. The summed E-state index contributed by atoms with van der Waals surface area (Å²) in [6.45, 7) is 7.34. The van der Waals surface area contributed by atoms with Crippen molar-refractivity contribution in [2.75, 3.05) is 75.1 Å². The normalized spacial score (nSPS) is 19.3. The second-order valence-electron chi connectivity index (χ2n) is 11.6. The molecule has 6 rings (SSSR count). The highest BCUT2D eigenvalue weighted by molar-refractivity contribution is 5.97. The fourth-order valence-electron chi connectivity index (χ4n) is 6.18. The molecule has 1 amide bonds. The summed E-state index contributed by atoms with van der Waals surface area (Å²) in [5.74, 6) is -0.389. The van der Waals surface area contributed by atoms with E-state index in [2.05, 4.69) is 42.3 Å². The number of piperidine rings is 1. The lowest BCUT2D eigenvalue weighted by Crippen LogP contribution is -2.52. The lowest BCUT2D eigenvalue weighted by atomic mass is 10.0. The third kappa shape index (κ3) is 6.87. The molecule has 0 bridgehead atoms. The fourth-order valence-corrected chi connectivity index (χ4v) is 6.18. The van der Waals surface area contributed by atoms with Gasteiger partial charge in [0.25, 0.3) is 5.91 Å². The minimum atomic E-state index is -0.733. The first-order chi connectivity index (χ1) is 20.9. The number of carbonyl (C=O) groups is 1. The highest BCUT2D eigenvalue weighted by Crippen LogP contribution is 2.32. The number of rotatable bonds is 8. The summed E-state index contributed by atoms with van der Waals surface area (Å²) in [5.41, 5.74) is 8.01. The molecule has 228 valence electrons. The Morgan fingerprint density at radius 2 is 1.67 bits per heavy atom. The van der Waals surface area contributed by atoms with E-state index in [1.807, 2.05) is 0 Å². The number of pyridine rings is 1. The zero-order chi connectivity index (χ0) is 29.8. The topological polar surface area (TPSA) is 125 Å². The molecule has 5 heterocycles. The molecule has 12 heteroatoms. The Hall–Kier alpha value is -3.87. The number of aromatic nitrogens is 3. The number of carbonyl (C=O) groups excluding carboxylic acids is 1. The Bertz CT molecular complexity index is 1400. The number of nitrogens with one attached hydrogen (secondary N) is 2. The summed E-state index contributed by atoms with van der Waals surface area (Å²) >= 11 is 0. The van der Waals surface area contributed by atoms with Gasteiger partial charge in [0.1, 0.15) is 11.5 Å². The van der Waals surface area contributed by atoms with Gasteiger partial charge in [-0.1, -0.05) is 0 Å². The predicted molar refractivity (Wildman–Crippen MR) is 165 cm³/mol.